The van der Waals surface area contributed by atoms with E-state index >= 15 is 0 Å². The van der Waals surface area contributed by atoms with E-state index in [0.717, 1.165) is 29.8 Å². The molecule has 0 radical (unpaired) electrons. The van der Waals surface area contributed by atoms with Crippen molar-refractivity contribution in [3.05, 3.63) is 53.4 Å². The number of aliphatic hydroxyl groups excluding tert-OH is 1. The molecule has 1 aromatic carbocycles. The largest absolute Gasteiger partial charge is 0.396 e. The molecule has 3 N–H and O–H groups in total. The molecule has 11 heteroatoms. The number of ether oxygens (including phenoxy) is 1. The van der Waals surface area contributed by atoms with Crippen LogP contribution in [0.2, 0.25) is 5.02 Å². The minimum Gasteiger partial charge on any atom is -0.396 e. The zero-order chi connectivity index (χ0) is 27.0. The topological polar surface area (TPSA) is 124 Å². The first-order valence-corrected chi connectivity index (χ1v) is 13.0. The van der Waals surface area contributed by atoms with Crippen LogP contribution >= 0.6 is 11.6 Å². The summed E-state index contributed by atoms with van der Waals surface area (Å²) >= 11 is 6.52. The number of anilines is 1. The van der Waals surface area contributed by atoms with Gasteiger partial charge in [0.05, 0.1) is 17.4 Å². The summed E-state index contributed by atoms with van der Waals surface area (Å²) in [5, 5.41) is 19.2. The first kappa shape index (κ1) is 26.1. The van der Waals surface area contributed by atoms with Gasteiger partial charge in [0, 0.05) is 66.7 Å². The van der Waals surface area contributed by atoms with Gasteiger partial charge in [-0.05, 0) is 43.2 Å². The Morgan fingerprint density at radius 3 is 2.71 bits per heavy atom. The average Bonchev–Trinajstić information content (AvgIpc) is 3.54. The Balaban J connectivity index is 1.60. The lowest BCUT2D eigenvalue weighted by molar-refractivity contribution is 0.0662. The lowest BCUT2D eigenvalue weighted by atomic mass is 9.94. The molecule has 1 fully saturated rings. The normalized spacial score (nSPS) is 14.8. The summed E-state index contributed by atoms with van der Waals surface area (Å²) in [5.41, 5.74) is 10.2. The molecule has 1 aliphatic rings. The first-order chi connectivity index (χ1) is 18.2. The van der Waals surface area contributed by atoms with E-state index < -0.39 is 5.41 Å². The van der Waals surface area contributed by atoms with Gasteiger partial charge >= 0.3 is 0 Å². The molecule has 0 spiro atoms. The minimum atomic E-state index is -0.430. The molecule has 0 unspecified atom stereocenters. The molecular weight excluding hydrogens is 506 g/mol. The number of aromatic nitrogens is 5. The monoisotopic (exact) mass is 537 g/mol. The first-order valence-electron chi connectivity index (χ1n) is 12.6. The van der Waals surface area contributed by atoms with E-state index in [0.29, 0.717) is 47.2 Å². The van der Waals surface area contributed by atoms with Gasteiger partial charge in [0.25, 0.3) is 5.91 Å². The van der Waals surface area contributed by atoms with Crippen molar-refractivity contribution in [2.75, 3.05) is 39.1 Å². The van der Waals surface area contributed by atoms with Gasteiger partial charge in [0.2, 0.25) is 0 Å². The maximum atomic E-state index is 13.3. The highest BCUT2D eigenvalue weighted by atomic mass is 35.5. The van der Waals surface area contributed by atoms with Crippen LogP contribution in [-0.4, -0.2) is 73.7 Å². The van der Waals surface area contributed by atoms with Gasteiger partial charge in [-0.2, -0.15) is 10.2 Å². The van der Waals surface area contributed by atoms with Crippen LogP contribution in [0.1, 0.15) is 43.1 Å². The van der Waals surface area contributed by atoms with Gasteiger partial charge in [-0.3, -0.25) is 9.48 Å². The van der Waals surface area contributed by atoms with Crippen LogP contribution in [0.3, 0.4) is 0 Å². The number of amides is 1. The third-order valence-electron chi connectivity index (χ3n) is 6.95. The fourth-order valence-corrected chi connectivity index (χ4v) is 5.30. The number of carbonyl (C=O) groups is 1. The Morgan fingerprint density at radius 1 is 1.21 bits per heavy atom. The summed E-state index contributed by atoms with van der Waals surface area (Å²) in [5.74, 6) is 0.147. The lowest BCUT2D eigenvalue weighted by Crippen LogP contribution is -2.37. The van der Waals surface area contributed by atoms with Crippen molar-refractivity contribution in [2.24, 2.45) is 5.41 Å². The van der Waals surface area contributed by atoms with E-state index in [4.69, 9.17) is 22.1 Å². The molecule has 38 heavy (non-hydrogen) atoms. The second-order valence-electron chi connectivity index (χ2n) is 10.6. The SMILES string of the molecule is CN(CC(C)(C)CO)C(=O)c1cc(Cl)cc(-c2cc(-c3ccnn3C3CCOCC3)c3c(N)ncnn23)c1. The van der Waals surface area contributed by atoms with Crippen molar-refractivity contribution in [3.63, 3.8) is 0 Å². The standard InChI is InChI=1S/C27H32ClN7O3/c1-27(2,15-36)14-33(3)26(37)18-10-17(11-19(28)12-18)23-13-21(24-25(29)30-16-32-35(23)24)22-4-7-31-34(22)20-5-8-38-9-6-20/h4,7,10-13,16,20,36H,5-6,8-9,14-15H2,1-3H3,(H2,29,30,32). The van der Waals surface area contributed by atoms with Crippen LogP contribution < -0.4 is 5.73 Å². The quantitative estimate of drug-likeness (QED) is 0.366. The van der Waals surface area contributed by atoms with Crippen molar-refractivity contribution in [3.8, 4) is 22.5 Å². The highest BCUT2D eigenvalue weighted by Crippen LogP contribution is 2.37. The molecule has 0 aliphatic carbocycles. The Bertz CT molecular complexity index is 1470. The maximum absolute atomic E-state index is 13.3. The van der Waals surface area contributed by atoms with Gasteiger partial charge in [0.15, 0.2) is 5.82 Å². The second-order valence-corrected chi connectivity index (χ2v) is 11.0. The molecule has 200 valence electrons. The smallest absolute Gasteiger partial charge is 0.253 e. The molecular formula is C27H32ClN7O3. The molecule has 1 aliphatic heterocycles. The third kappa shape index (κ3) is 4.99. The molecule has 4 aromatic rings. The van der Waals surface area contributed by atoms with Gasteiger partial charge in [-0.1, -0.05) is 25.4 Å². The summed E-state index contributed by atoms with van der Waals surface area (Å²) in [6.45, 7) is 5.56. The Morgan fingerprint density at radius 2 is 1.97 bits per heavy atom. The molecule has 0 saturated carbocycles. The number of carbonyl (C=O) groups excluding carboxylic acids is 1. The van der Waals surface area contributed by atoms with Crippen molar-refractivity contribution >= 4 is 28.8 Å². The highest BCUT2D eigenvalue weighted by molar-refractivity contribution is 6.31. The van der Waals surface area contributed by atoms with E-state index in [2.05, 4.69) is 15.2 Å². The molecule has 10 nitrogen and oxygen atoms in total. The molecule has 0 atom stereocenters. The predicted molar refractivity (Wildman–Crippen MR) is 146 cm³/mol. The number of aliphatic hydroxyl groups is 1. The summed E-state index contributed by atoms with van der Waals surface area (Å²) < 4.78 is 9.31. The summed E-state index contributed by atoms with van der Waals surface area (Å²) in [6, 6.07) is 9.42. The number of hydrogen-bond donors (Lipinski definition) is 2. The lowest BCUT2D eigenvalue weighted by Gasteiger charge is -2.28. The zero-order valence-electron chi connectivity index (χ0n) is 21.8. The van der Waals surface area contributed by atoms with E-state index in [-0.39, 0.29) is 18.6 Å². The Kier molecular flexibility index (Phi) is 7.13. The number of fused-ring (bicyclic) bond motifs is 1. The number of rotatable bonds is 7. The fourth-order valence-electron chi connectivity index (χ4n) is 5.06. The van der Waals surface area contributed by atoms with Crippen LogP contribution in [0.15, 0.2) is 42.9 Å². The summed E-state index contributed by atoms with van der Waals surface area (Å²) in [4.78, 5) is 19.2. The van der Waals surface area contributed by atoms with E-state index in [1.165, 1.54) is 6.33 Å². The highest BCUT2D eigenvalue weighted by Gasteiger charge is 2.26. The minimum absolute atomic E-state index is 0.0318. The molecule has 4 heterocycles. The van der Waals surface area contributed by atoms with E-state index in [1.807, 2.05) is 30.7 Å². The van der Waals surface area contributed by atoms with Gasteiger partial charge in [0.1, 0.15) is 11.8 Å². The van der Waals surface area contributed by atoms with Crippen molar-refractivity contribution in [1.82, 2.24) is 29.3 Å². The Labute approximate surface area is 226 Å². The van der Waals surface area contributed by atoms with E-state index in [1.54, 1.807) is 40.9 Å². The van der Waals surface area contributed by atoms with E-state index in [9.17, 15) is 9.90 Å². The van der Waals surface area contributed by atoms with Crippen molar-refractivity contribution in [2.45, 2.75) is 32.7 Å². The van der Waals surface area contributed by atoms with Crippen LogP contribution in [0.5, 0.6) is 0 Å². The average molecular weight is 538 g/mol. The zero-order valence-corrected chi connectivity index (χ0v) is 22.5. The number of nitrogen functional groups attached to an aromatic ring is 1. The number of hydrogen-bond acceptors (Lipinski definition) is 7. The molecule has 3 aromatic heterocycles. The fraction of sp³-hybridized carbons (Fsp3) is 0.407. The number of nitrogens with two attached hydrogens (primary N) is 1. The third-order valence-corrected chi connectivity index (χ3v) is 7.16. The molecule has 5 rings (SSSR count). The predicted octanol–water partition coefficient (Wildman–Crippen LogP) is 3.94. The number of benzene rings is 1. The number of halogens is 1. The second kappa shape index (κ2) is 10.4. The van der Waals surface area contributed by atoms with Gasteiger partial charge in [-0.15, -0.1) is 0 Å². The molecule has 1 amide bonds. The maximum Gasteiger partial charge on any atom is 0.253 e. The van der Waals surface area contributed by atoms with Crippen molar-refractivity contribution in [1.29, 1.82) is 0 Å². The van der Waals surface area contributed by atoms with Crippen LogP contribution in [0.4, 0.5) is 5.82 Å². The van der Waals surface area contributed by atoms with Crippen molar-refractivity contribution < 1.29 is 14.6 Å². The summed E-state index contributed by atoms with van der Waals surface area (Å²) in [7, 11) is 1.72. The van der Waals surface area contributed by atoms with Crippen LogP contribution in [0.25, 0.3) is 28.0 Å². The summed E-state index contributed by atoms with van der Waals surface area (Å²) in [6.07, 6.45) is 4.94. The van der Waals surface area contributed by atoms with Crippen LogP contribution in [-0.2, 0) is 4.74 Å². The van der Waals surface area contributed by atoms with Gasteiger partial charge in [-0.25, -0.2) is 9.50 Å². The molecule has 1 saturated heterocycles. The number of nitrogens with zero attached hydrogens (tertiary/aromatic N) is 6. The van der Waals surface area contributed by atoms with Crippen LogP contribution in [0, 0.1) is 5.41 Å². The molecule has 0 bridgehead atoms. The Hall–Kier alpha value is -3.47. The van der Waals surface area contributed by atoms with Gasteiger partial charge < -0.3 is 20.5 Å².